The second kappa shape index (κ2) is 6.14. The van der Waals surface area contributed by atoms with E-state index in [-0.39, 0.29) is 36.1 Å². The lowest BCUT2D eigenvalue weighted by atomic mass is 9.84. The maximum absolute atomic E-state index is 12.2. The van der Waals surface area contributed by atoms with Gasteiger partial charge in [0.05, 0.1) is 18.1 Å². The van der Waals surface area contributed by atoms with Gasteiger partial charge in [-0.25, -0.2) is 4.79 Å². The van der Waals surface area contributed by atoms with E-state index in [2.05, 4.69) is 6.58 Å². The third kappa shape index (κ3) is 2.76. The van der Waals surface area contributed by atoms with Crippen LogP contribution in [-0.4, -0.2) is 48.1 Å². The topological polar surface area (TPSA) is 89.9 Å². The van der Waals surface area contributed by atoms with Crippen LogP contribution in [0, 0.1) is 5.92 Å². The van der Waals surface area contributed by atoms with Crippen molar-refractivity contribution in [2.45, 2.75) is 45.0 Å². The maximum Gasteiger partial charge on any atom is 0.334 e. The van der Waals surface area contributed by atoms with E-state index < -0.39 is 24.1 Å². The molecule has 0 aromatic heterocycles. The number of cyclic esters (lactones) is 1. The molecule has 6 nitrogen and oxygen atoms in total. The Morgan fingerprint density at radius 2 is 2.14 bits per heavy atom. The summed E-state index contributed by atoms with van der Waals surface area (Å²) in [5.74, 6) is -1.82. The first-order chi connectivity index (χ1) is 10.3. The van der Waals surface area contributed by atoms with Gasteiger partial charge in [-0.3, -0.25) is 9.59 Å². The normalized spacial score (nSPS) is 30.0. The average Bonchev–Trinajstić information content (AvgIpc) is 2.86. The lowest BCUT2D eigenvalue weighted by Crippen LogP contribution is -2.33. The summed E-state index contributed by atoms with van der Waals surface area (Å²) in [7, 11) is 1.51. The first kappa shape index (κ1) is 16.6. The lowest BCUT2D eigenvalue weighted by Gasteiger charge is -2.23. The summed E-state index contributed by atoms with van der Waals surface area (Å²) < 4.78 is 10.5. The van der Waals surface area contributed by atoms with Gasteiger partial charge >= 0.3 is 5.97 Å². The molecule has 1 saturated heterocycles. The summed E-state index contributed by atoms with van der Waals surface area (Å²) >= 11 is 0. The fourth-order valence-corrected chi connectivity index (χ4v) is 3.15. The molecule has 0 radical (unpaired) electrons. The predicted octanol–water partition coefficient (Wildman–Crippen LogP) is 0.728. The first-order valence-electron chi connectivity index (χ1n) is 7.11. The number of Topliss-reactive ketones (excluding diaryl/α,β-unsaturated/α-hetero) is 2. The molecule has 4 atom stereocenters. The summed E-state index contributed by atoms with van der Waals surface area (Å²) in [6, 6.07) is 0. The SMILES string of the molecule is C=C1C(=O)O[C@H](C2=C(C)C(OC)CC2=O)[C@@H]1C(O)CC(C)=O. The Kier molecular flexibility index (Phi) is 4.63. The molecule has 2 unspecified atom stereocenters. The molecule has 0 aromatic rings. The second-order valence-electron chi connectivity index (χ2n) is 5.80. The van der Waals surface area contributed by atoms with Crippen molar-refractivity contribution in [1.82, 2.24) is 0 Å². The number of hydrogen-bond acceptors (Lipinski definition) is 6. The molecule has 1 aliphatic carbocycles. The van der Waals surface area contributed by atoms with E-state index in [1.807, 2.05) is 0 Å². The summed E-state index contributed by atoms with van der Waals surface area (Å²) in [4.78, 5) is 35.3. The van der Waals surface area contributed by atoms with E-state index in [4.69, 9.17) is 9.47 Å². The van der Waals surface area contributed by atoms with Gasteiger partial charge in [-0.05, 0) is 19.4 Å². The van der Waals surface area contributed by atoms with Crippen LogP contribution in [0.3, 0.4) is 0 Å². The smallest absolute Gasteiger partial charge is 0.334 e. The molecule has 0 saturated carbocycles. The monoisotopic (exact) mass is 308 g/mol. The van der Waals surface area contributed by atoms with E-state index in [0.29, 0.717) is 11.1 Å². The van der Waals surface area contributed by atoms with Crippen molar-refractivity contribution in [2.75, 3.05) is 7.11 Å². The van der Waals surface area contributed by atoms with E-state index >= 15 is 0 Å². The van der Waals surface area contributed by atoms with Gasteiger partial charge in [0.25, 0.3) is 0 Å². The van der Waals surface area contributed by atoms with Gasteiger partial charge in [-0.15, -0.1) is 0 Å². The summed E-state index contributed by atoms with van der Waals surface area (Å²) in [6.07, 6.45) is -2.29. The number of carbonyl (C=O) groups is 3. The Bertz CT molecular complexity index is 573. The zero-order valence-corrected chi connectivity index (χ0v) is 12.9. The predicted molar refractivity (Wildman–Crippen MR) is 76.9 cm³/mol. The van der Waals surface area contributed by atoms with Gasteiger partial charge in [-0.2, -0.15) is 0 Å². The number of rotatable bonds is 5. The van der Waals surface area contributed by atoms with Gasteiger partial charge < -0.3 is 14.6 Å². The lowest BCUT2D eigenvalue weighted by molar-refractivity contribution is -0.138. The maximum atomic E-state index is 12.2. The molecule has 6 heteroatoms. The van der Waals surface area contributed by atoms with Crippen LogP contribution in [0.25, 0.3) is 0 Å². The minimum atomic E-state index is -1.11. The van der Waals surface area contributed by atoms with E-state index in [0.717, 1.165) is 0 Å². The molecule has 1 heterocycles. The van der Waals surface area contributed by atoms with Crippen molar-refractivity contribution in [1.29, 1.82) is 0 Å². The van der Waals surface area contributed by atoms with E-state index in [9.17, 15) is 19.5 Å². The Morgan fingerprint density at radius 1 is 1.50 bits per heavy atom. The number of hydrogen-bond donors (Lipinski definition) is 1. The van der Waals surface area contributed by atoms with Gasteiger partial charge in [0.1, 0.15) is 11.9 Å². The molecule has 2 rings (SSSR count). The molecule has 2 aliphatic rings. The Hall–Kier alpha value is -1.79. The van der Waals surface area contributed by atoms with Gasteiger partial charge in [-0.1, -0.05) is 6.58 Å². The van der Waals surface area contributed by atoms with Crippen molar-refractivity contribution in [3.63, 3.8) is 0 Å². The molecule has 120 valence electrons. The third-order valence-corrected chi connectivity index (χ3v) is 4.28. The first-order valence-corrected chi connectivity index (χ1v) is 7.11. The molecular formula is C16H20O6. The minimum absolute atomic E-state index is 0.0905. The van der Waals surface area contributed by atoms with Crippen LogP contribution in [-0.2, 0) is 23.9 Å². The van der Waals surface area contributed by atoms with Crippen LogP contribution in [0.4, 0.5) is 0 Å². The highest BCUT2D eigenvalue weighted by Crippen LogP contribution is 2.40. The molecule has 1 aliphatic heterocycles. The van der Waals surface area contributed by atoms with Crippen LogP contribution >= 0.6 is 0 Å². The quantitative estimate of drug-likeness (QED) is 0.595. The van der Waals surface area contributed by atoms with Gasteiger partial charge in [0.2, 0.25) is 0 Å². The molecule has 0 amide bonds. The van der Waals surface area contributed by atoms with Crippen LogP contribution in [0.15, 0.2) is 23.3 Å². The van der Waals surface area contributed by atoms with Gasteiger partial charge in [0, 0.05) is 31.1 Å². The van der Waals surface area contributed by atoms with Crippen molar-refractivity contribution >= 4 is 17.5 Å². The highest BCUT2D eigenvalue weighted by molar-refractivity contribution is 6.02. The second-order valence-corrected chi connectivity index (χ2v) is 5.80. The minimum Gasteiger partial charge on any atom is -0.453 e. The van der Waals surface area contributed by atoms with Crippen LogP contribution in [0.1, 0.15) is 26.7 Å². The number of methoxy groups -OCH3 is 1. The summed E-state index contributed by atoms with van der Waals surface area (Å²) in [5, 5.41) is 10.3. The van der Waals surface area contributed by atoms with E-state index in [1.165, 1.54) is 14.0 Å². The molecule has 1 fully saturated rings. The average molecular weight is 308 g/mol. The fraction of sp³-hybridized carbons (Fsp3) is 0.562. The Labute approximate surface area is 128 Å². The Morgan fingerprint density at radius 3 is 2.64 bits per heavy atom. The molecule has 0 aromatic carbocycles. The molecular weight excluding hydrogens is 288 g/mol. The standard InChI is InChI=1S/C16H20O6/c1-7(17)5-10(18)14-9(3)16(20)22-15(14)13-8(2)12(21-4)6-11(13)19/h10,12,14-15,18H,3,5-6H2,1-2,4H3/t10?,12?,14-,15+/m0/s1. The Balaban J connectivity index is 2.37. The zero-order chi connectivity index (χ0) is 16.6. The van der Waals surface area contributed by atoms with Crippen LogP contribution in [0.2, 0.25) is 0 Å². The zero-order valence-electron chi connectivity index (χ0n) is 12.9. The number of carbonyl (C=O) groups excluding carboxylic acids is 3. The fourth-order valence-electron chi connectivity index (χ4n) is 3.15. The highest BCUT2D eigenvalue weighted by Gasteiger charge is 2.49. The number of ketones is 2. The molecule has 0 spiro atoms. The molecule has 1 N–H and O–H groups in total. The van der Waals surface area contributed by atoms with E-state index in [1.54, 1.807) is 6.92 Å². The third-order valence-electron chi connectivity index (χ3n) is 4.28. The number of aliphatic hydroxyl groups excluding tert-OH is 1. The highest BCUT2D eigenvalue weighted by atomic mass is 16.6. The number of esters is 1. The molecule has 22 heavy (non-hydrogen) atoms. The van der Waals surface area contributed by atoms with Crippen LogP contribution < -0.4 is 0 Å². The number of ether oxygens (including phenoxy) is 2. The van der Waals surface area contributed by atoms with Crippen LogP contribution in [0.5, 0.6) is 0 Å². The largest absolute Gasteiger partial charge is 0.453 e. The van der Waals surface area contributed by atoms with Crippen molar-refractivity contribution in [3.8, 4) is 0 Å². The van der Waals surface area contributed by atoms with Crippen molar-refractivity contribution in [2.24, 2.45) is 5.92 Å². The molecule has 0 bridgehead atoms. The summed E-state index contributed by atoms with van der Waals surface area (Å²) in [5.41, 5.74) is 1.14. The van der Waals surface area contributed by atoms with Crippen molar-refractivity contribution in [3.05, 3.63) is 23.3 Å². The van der Waals surface area contributed by atoms with Gasteiger partial charge in [0.15, 0.2) is 5.78 Å². The number of aliphatic hydroxyl groups is 1. The van der Waals surface area contributed by atoms with Crippen molar-refractivity contribution < 1.29 is 29.0 Å². The summed E-state index contributed by atoms with van der Waals surface area (Å²) in [6.45, 7) is 6.74.